The zero-order chi connectivity index (χ0) is 12.4. The fourth-order valence-electron chi connectivity index (χ4n) is 2.75. The summed E-state index contributed by atoms with van der Waals surface area (Å²) < 4.78 is 0. The molecule has 4 nitrogen and oxygen atoms in total. The fourth-order valence-corrected chi connectivity index (χ4v) is 2.75. The summed E-state index contributed by atoms with van der Waals surface area (Å²) in [6, 6.07) is 2.43. The van der Waals surface area contributed by atoms with Crippen LogP contribution in [0.15, 0.2) is 12.3 Å². The van der Waals surface area contributed by atoms with Gasteiger partial charge in [0.25, 0.3) is 0 Å². The predicted molar refractivity (Wildman–Crippen MR) is 71.5 cm³/mol. The van der Waals surface area contributed by atoms with Crippen LogP contribution in [-0.4, -0.2) is 41.0 Å². The molecule has 2 fully saturated rings. The van der Waals surface area contributed by atoms with Gasteiger partial charge in [0, 0.05) is 44.0 Å². The molecular formula is C14H22N4. The molecule has 18 heavy (non-hydrogen) atoms. The van der Waals surface area contributed by atoms with Crippen molar-refractivity contribution in [2.24, 2.45) is 0 Å². The van der Waals surface area contributed by atoms with Gasteiger partial charge in [-0.2, -0.15) is 0 Å². The van der Waals surface area contributed by atoms with Gasteiger partial charge in [0.2, 0.25) is 0 Å². The summed E-state index contributed by atoms with van der Waals surface area (Å²) in [5.41, 5.74) is 1.26. The monoisotopic (exact) mass is 246 g/mol. The summed E-state index contributed by atoms with van der Waals surface area (Å²) in [6.45, 7) is 6.57. The van der Waals surface area contributed by atoms with Crippen LogP contribution in [0.5, 0.6) is 0 Å². The second-order valence-electron chi connectivity index (χ2n) is 5.43. The van der Waals surface area contributed by atoms with E-state index < -0.39 is 0 Å². The number of aromatic nitrogens is 2. The van der Waals surface area contributed by atoms with Gasteiger partial charge >= 0.3 is 0 Å². The molecule has 0 radical (unpaired) electrons. The van der Waals surface area contributed by atoms with Crippen molar-refractivity contribution in [1.82, 2.24) is 20.2 Å². The van der Waals surface area contributed by atoms with Gasteiger partial charge in [-0.3, -0.25) is 4.90 Å². The lowest BCUT2D eigenvalue weighted by Gasteiger charge is -2.32. The molecule has 3 rings (SSSR count). The first kappa shape index (κ1) is 12.1. The number of rotatable bonds is 3. The van der Waals surface area contributed by atoms with E-state index in [1.165, 1.54) is 25.0 Å². The maximum Gasteiger partial charge on any atom is 0.145 e. The maximum absolute atomic E-state index is 4.80. The Morgan fingerprint density at radius 3 is 2.78 bits per heavy atom. The van der Waals surface area contributed by atoms with Crippen molar-refractivity contribution >= 4 is 0 Å². The summed E-state index contributed by atoms with van der Waals surface area (Å²) in [4.78, 5) is 11.7. The summed E-state index contributed by atoms with van der Waals surface area (Å²) in [5.74, 6) is 1.70. The second kappa shape index (κ2) is 5.33. The van der Waals surface area contributed by atoms with Crippen LogP contribution in [0.1, 0.15) is 49.7 Å². The zero-order valence-electron chi connectivity index (χ0n) is 11.1. The Balaban J connectivity index is 1.73. The van der Waals surface area contributed by atoms with E-state index in [0.717, 1.165) is 32.0 Å². The summed E-state index contributed by atoms with van der Waals surface area (Å²) in [6.07, 6.45) is 5.91. The molecular weight excluding hydrogens is 224 g/mol. The van der Waals surface area contributed by atoms with Crippen molar-refractivity contribution in [3.63, 3.8) is 0 Å². The molecule has 0 amide bonds. The van der Waals surface area contributed by atoms with Gasteiger partial charge in [-0.15, -0.1) is 0 Å². The van der Waals surface area contributed by atoms with Gasteiger partial charge < -0.3 is 5.32 Å². The van der Waals surface area contributed by atoms with Gasteiger partial charge in [0.05, 0.1) is 6.04 Å². The number of nitrogens with one attached hydrogen (secondary N) is 1. The van der Waals surface area contributed by atoms with E-state index in [1.54, 1.807) is 0 Å². The average molecular weight is 246 g/mol. The number of hydrogen-bond donors (Lipinski definition) is 1. The van der Waals surface area contributed by atoms with Crippen LogP contribution < -0.4 is 5.32 Å². The van der Waals surface area contributed by atoms with Crippen molar-refractivity contribution in [3.8, 4) is 0 Å². The average Bonchev–Trinajstić information content (AvgIpc) is 2.37. The topological polar surface area (TPSA) is 41.1 Å². The van der Waals surface area contributed by atoms with E-state index in [1.807, 2.05) is 6.20 Å². The van der Waals surface area contributed by atoms with Crippen molar-refractivity contribution in [2.75, 3.05) is 26.2 Å². The molecule has 1 aliphatic heterocycles. The largest absolute Gasteiger partial charge is 0.314 e. The fraction of sp³-hybridized carbons (Fsp3) is 0.714. The van der Waals surface area contributed by atoms with Crippen LogP contribution in [-0.2, 0) is 0 Å². The minimum absolute atomic E-state index is 0.340. The minimum atomic E-state index is 0.340. The van der Waals surface area contributed by atoms with Gasteiger partial charge in [0.15, 0.2) is 0 Å². The van der Waals surface area contributed by atoms with E-state index in [2.05, 4.69) is 28.2 Å². The molecule has 0 aromatic carbocycles. The highest BCUT2D eigenvalue weighted by Crippen LogP contribution is 2.35. The molecule has 1 atom stereocenters. The molecule has 1 aromatic heterocycles. The Labute approximate surface area is 109 Å². The first-order chi connectivity index (χ1) is 8.84. The third kappa shape index (κ3) is 2.40. The Morgan fingerprint density at radius 2 is 2.11 bits per heavy atom. The Hall–Kier alpha value is -1.00. The van der Waals surface area contributed by atoms with Crippen molar-refractivity contribution < 1.29 is 0 Å². The van der Waals surface area contributed by atoms with Crippen LogP contribution >= 0.6 is 0 Å². The highest BCUT2D eigenvalue weighted by Gasteiger charge is 2.24. The molecule has 1 N–H and O–H groups in total. The molecule has 1 saturated heterocycles. The number of hydrogen-bond acceptors (Lipinski definition) is 4. The van der Waals surface area contributed by atoms with Crippen LogP contribution in [0.4, 0.5) is 0 Å². The molecule has 1 aromatic rings. The zero-order valence-corrected chi connectivity index (χ0v) is 11.1. The molecule has 2 aliphatic rings. The van der Waals surface area contributed by atoms with Gasteiger partial charge in [-0.05, 0) is 25.8 Å². The van der Waals surface area contributed by atoms with Crippen molar-refractivity contribution in [3.05, 3.63) is 23.8 Å². The van der Waals surface area contributed by atoms with E-state index in [4.69, 9.17) is 4.98 Å². The first-order valence-electron chi connectivity index (χ1n) is 7.12. The molecule has 98 valence electrons. The van der Waals surface area contributed by atoms with Crippen LogP contribution in [0, 0.1) is 0 Å². The molecule has 1 unspecified atom stereocenters. The molecule has 4 heteroatoms. The van der Waals surface area contributed by atoms with Gasteiger partial charge in [0.1, 0.15) is 5.82 Å². The van der Waals surface area contributed by atoms with Gasteiger partial charge in [-0.1, -0.05) is 6.42 Å². The lowest BCUT2D eigenvalue weighted by Crippen LogP contribution is -2.44. The molecule has 0 bridgehead atoms. The third-order valence-corrected chi connectivity index (χ3v) is 4.29. The van der Waals surface area contributed by atoms with Crippen LogP contribution in [0.3, 0.4) is 0 Å². The van der Waals surface area contributed by atoms with Crippen molar-refractivity contribution in [1.29, 1.82) is 0 Å². The Morgan fingerprint density at radius 1 is 1.33 bits per heavy atom. The molecule has 2 heterocycles. The highest BCUT2D eigenvalue weighted by molar-refractivity contribution is 5.12. The van der Waals surface area contributed by atoms with Crippen LogP contribution in [0.2, 0.25) is 0 Å². The molecule has 1 saturated carbocycles. The van der Waals surface area contributed by atoms with Crippen LogP contribution in [0.25, 0.3) is 0 Å². The van der Waals surface area contributed by atoms with Gasteiger partial charge in [-0.25, -0.2) is 9.97 Å². The third-order valence-electron chi connectivity index (χ3n) is 4.29. The number of piperazine rings is 1. The Kier molecular flexibility index (Phi) is 3.57. The molecule has 0 spiro atoms. The summed E-state index contributed by atoms with van der Waals surface area (Å²) in [5, 5.41) is 3.39. The maximum atomic E-state index is 4.80. The number of nitrogens with zero attached hydrogens (tertiary/aromatic N) is 3. The SMILES string of the molecule is CC(c1nccc(C2CCC2)n1)N1CCNCC1. The summed E-state index contributed by atoms with van der Waals surface area (Å²) in [7, 11) is 0. The van der Waals surface area contributed by atoms with E-state index in [0.29, 0.717) is 12.0 Å². The Bertz CT molecular complexity index is 397. The minimum Gasteiger partial charge on any atom is -0.314 e. The summed E-state index contributed by atoms with van der Waals surface area (Å²) >= 11 is 0. The first-order valence-corrected chi connectivity index (χ1v) is 7.12. The second-order valence-corrected chi connectivity index (χ2v) is 5.43. The quantitative estimate of drug-likeness (QED) is 0.881. The molecule has 1 aliphatic carbocycles. The smallest absolute Gasteiger partial charge is 0.145 e. The van der Waals surface area contributed by atoms with E-state index >= 15 is 0 Å². The predicted octanol–water partition coefficient (Wildman–Crippen LogP) is 1.71. The lowest BCUT2D eigenvalue weighted by molar-refractivity contribution is 0.178. The van der Waals surface area contributed by atoms with Crippen molar-refractivity contribution in [2.45, 2.75) is 38.1 Å². The normalized spacial score (nSPS) is 23.6. The van der Waals surface area contributed by atoms with E-state index in [-0.39, 0.29) is 0 Å². The van der Waals surface area contributed by atoms with E-state index in [9.17, 15) is 0 Å². The lowest BCUT2D eigenvalue weighted by atomic mass is 9.83. The highest BCUT2D eigenvalue weighted by atomic mass is 15.2. The standard InChI is InChI=1S/C14H22N4/c1-11(18-9-7-15-8-10-18)14-16-6-5-13(17-14)12-3-2-4-12/h5-6,11-12,15H,2-4,7-10H2,1H3.